The molecule has 8 heteroatoms. The number of rotatable bonds is 4. The number of esters is 1. The molecule has 1 N–H and O–H groups in total. The average molecular weight is 359 g/mol. The minimum atomic E-state index is -0.722. The highest BCUT2D eigenvalue weighted by atomic mass is 16.5. The smallest absolute Gasteiger partial charge is 0.378 e. The zero-order chi connectivity index (χ0) is 18.5. The lowest BCUT2D eigenvalue weighted by molar-refractivity contribution is -0.125. The molecule has 26 heavy (non-hydrogen) atoms. The molecule has 0 bridgehead atoms. The summed E-state index contributed by atoms with van der Waals surface area (Å²) in [6, 6.07) is 2.02. The van der Waals surface area contributed by atoms with Crippen LogP contribution in [0, 0.1) is 13.8 Å². The second kappa shape index (κ2) is 8.25. The predicted molar refractivity (Wildman–Crippen MR) is 94.8 cm³/mol. The molecule has 1 aliphatic rings. The van der Waals surface area contributed by atoms with Crippen LogP contribution in [0.1, 0.15) is 67.0 Å². The summed E-state index contributed by atoms with van der Waals surface area (Å²) in [6.07, 6.45) is 7.93. The lowest BCUT2D eigenvalue weighted by atomic mass is 9.97. The Morgan fingerprint density at radius 2 is 1.85 bits per heavy atom. The lowest BCUT2D eigenvalue weighted by Gasteiger charge is -2.20. The largest absolute Gasteiger partial charge is 0.450 e. The van der Waals surface area contributed by atoms with E-state index in [0.29, 0.717) is 5.78 Å². The van der Waals surface area contributed by atoms with Crippen molar-refractivity contribution < 1.29 is 14.3 Å². The number of carbonyl (C=O) groups is 2. The lowest BCUT2D eigenvalue weighted by Crippen LogP contribution is -2.38. The zero-order valence-electron chi connectivity index (χ0n) is 15.3. The van der Waals surface area contributed by atoms with Crippen LogP contribution in [0.4, 0.5) is 0 Å². The van der Waals surface area contributed by atoms with Gasteiger partial charge in [-0.25, -0.2) is 14.3 Å². The fraction of sp³-hybridized carbons (Fsp3) is 0.611. The average Bonchev–Trinajstić information content (AvgIpc) is 2.99. The van der Waals surface area contributed by atoms with Crippen molar-refractivity contribution >= 4 is 17.7 Å². The normalized spacial score (nSPS) is 16.1. The Morgan fingerprint density at radius 1 is 1.15 bits per heavy atom. The second-order valence-electron chi connectivity index (χ2n) is 6.87. The maximum absolute atomic E-state index is 12.1. The molecule has 1 aliphatic carbocycles. The van der Waals surface area contributed by atoms with Crippen LogP contribution in [0.2, 0.25) is 0 Å². The van der Waals surface area contributed by atoms with Gasteiger partial charge in [-0.1, -0.05) is 32.1 Å². The maximum Gasteiger partial charge on any atom is 0.378 e. The van der Waals surface area contributed by atoms with Gasteiger partial charge < -0.3 is 10.1 Å². The molecular weight excluding hydrogens is 334 g/mol. The SMILES string of the molecule is Cc1cc(C)n2nc(C(=O)OCC(=O)NC3CCCCCCC3)nc2n1. The number of hydrogen-bond acceptors (Lipinski definition) is 6. The fourth-order valence-corrected chi connectivity index (χ4v) is 3.32. The first-order valence-electron chi connectivity index (χ1n) is 9.20. The number of amides is 1. The number of hydrogen-bond donors (Lipinski definition) is 1. The molecule has 2 aromatic rings. The van der Waals surface area contributed by atoms with E-state index in [1.165, 1.54) is 23.8 Å². The van der Waals surface area contributed by atoms with Gasteiger partial charge in [-0.2, -0.15) is 4.98 Å². The number of nitrogens with one attached hydrogen (secondary N) is 1. The van der Waals surface area contributed by atoms with Crippen molar-refractivity contribution in [2.45, 2.75) is 64.8 Å². The molecule has 0 radical (unpaired) electrons. The van der Waals surface area contributed by atoms with Gasteiger partial charge in [0.05, 0.1) is 0 Å². The van der Waals surface area contributed by atoms with Crippen molar-refractivity contribution in [3.63, 3.8) is 0 Å². The van der Waals surface area contributed by atoms with Crippen molar-refractivity contribution in [2.24, 2.45) is 0 Å². The monoisotopic (exact) mass is 359 g/mol. The van der Waals surface area contributed by atoms with Gasteiger partial charge in [0, 0.05) is 17.4 Å². The summed E-state index contributed by atoms with van der Waals surface area (Å²) in [5.41, 5.74) is 1.61. The molecule has 0 atom stereocenters. The van der Waals surface area contributed by atoms with E-state index in [-0.39, 0.29) is 24.4 Å². The van der Waals surface area contributed by atoms with Gasteiger partial charge in [0.1, 0.15) is 0 Å². The Hall–Kier alpha value is -2.51. The summed E-state index contributed by atoms with van der Waals surface area (Å²) in [6.45, 7) is 3.38. The molecule has 0 aromatic carbocycles. The summed E-state index contributed by atoms with van der Waals surface area (Å²) in [7, 11) is 0. The Bertz CT molecular complexity index is 793. The summed E-state index contributed by atoms with van der Waals surface area (Å²) in [5.74, 6) is -0.753. The van der Waals surface area contributed by atoms with E-state index in [1.807, 2.05) is 19.9 Å². The first kappa shape index (κ1) is 18.3. The number of carbonyl (C=O) groups excluding carboxylic acids is 2. The van der Waals surface area contributed by atoms with Crippen molar-refractivity contribution in [1.29, 1.82) is 0 Å². The van der Waals surface area contributed by atoms with Gasteiger partial charge in [0.25, 0.3) is 17.5 Å². The molecule has 1 saturated carbocycles. The predicted octanol–water partition coefficient (Wildman–Crippen LogP) is 2.13. The molecule has 1 fully saturated rings. The Kier molecular flexibility index (Phi) is 5.80. The summed E-state index contributed by atoms with van der Waals surface area (Å²) < 4.78 is 6.55. The van der Waals surface area contributed by atoms with Crippen molar-refractivity contribution in [2.75, 3.05) is 6.61 Å². The highest BCUT2D eigenvalue weighted by Crippen LogP contribution is 2.17. The molecule has 2 aromatic heterocycles. The van der Waals surface area contributed by atoms with E-state index < -0.39 is 5.97 Å². The third kappa shape index (κ3) is 4.56. The molecule has 3 rings (SSSR count). The van der Waals surface area contributed by atoms with Crippen LogP contribution in [-0.2, 0) is 9.53 Å². The van der Waals surface area contributed by atoms with Gasteiger partial charge >= 0.3 is 5.97 Å². The molecule has 1 amide bonds. The van der Waals surface area contributed by atoms with Gasteiger partial charge in [0.15, 0.2) is 6.61 Å². The van der Waals surface area contributed by atoms with Crippen molar-refractivity contribution in [1.82, 2.24) is 24.9 Å². The van der Waals surface area contributed by atoms with Gasteiger partial charge in [-0.3, -0.25) is 4.79 Å². The van der Waals surface area contributed by atoms with E-state index in [4.69, 9.17) is 4.74 Å². The van der Waals surface area contributed by atoms with E-state index in [2.05, 4.69) is 20.4 Å². The molecule has 0 saturated heterocycles. The van der Waals surface area contributed by atoms with Crippen LogP contribution in [0.25, 0.3) is 5.78 Å². The van der Waals surface area contributed by atoms with Crippen molar-refractivity contribution in [3.05, 3.63) is 23.3 Å². The zero-order valence-corrected chi connectivity index (χ0v) is 15.3. The Labute approximate surface area is 152 Å². The topological polar surface area (TPSA) is 98.5 Å². The first-order chi connectivity index (χ1) is 12.5. The molecule has 2 heterocycles. The number of aromatic nitrogens is 4. The molecular formula is C18H25N5O3. The summed E-state index contributed by atoms with van der Waals surface area (Å²) in [5, 5.41) is 7.07. The van der Waals surface area contributed by atoms with E-state index in [9.17, 15) is 9.59 Å². The van der Waals surface area contributed by atoms with Gasteiger partial charge in [-0.05, 0) is 32.8 Å². The van der Waals surface area contributed by atoms with Gasteiger partial charge in [0.2, 0.25) is 0 Å². The van der Waals surface area contributed by atoms with Crippen LogP contribution in [-0.4, -0.2) is 44.1 Å². The molecule has 0 unspecified atom stereocenters. The molecule has 0 spiro atoms. The van der Waals surface area contributed by atoms with Crippen LogP contribution in [0.5, 0.6) is 0 Å². The maximum atomic E-state index is 12.1. The highest BCUT2D eigenvalue weighted by molar-refractivity contribution is 5.88. The number of ether oxygens (including phenoxy) is 1. The minimum absolute atomic E-state index is 0.0926. The Morgan fingerprint density at radius 3 is 2.58 bits per heavy atom. The Balaban J connectivity index is 1.54. The second-order valence-corrected chi connectivity index (χ2v) is 6.87. The fourth-order valence-electron chi connectivity index (χ4n) is 3.32. The van der Waals surface area contributed by atoms with E-state index >= 15 is 0 Å². The quantitative estimate of drug-likeness (QED) is 0.840. The molecule has 140 valence electrons. The number of fused-ring (bicyclic) bond motifs is 1. The van der Waals surface area contributed by atoms with Crippen molar-refractivity contribution in [3.8, 4) is 0 Å². The van der Waals surface area contributed by atoms with E-state index in [0.717, 1.165) is 37.1 Å². The standard InChI is InChI=1S/C18H25N5O3/c1-12-10-13(2)23-18(19-12)21-16(22-23)17(25)26-11-15(24)20-14-8-6-4-3-5-7-9-14/h10,14H,3-9,11H2,1-2H3,(H,20,24). The van der Waals surface area contributed by atoms with Crippen LogP contribution in [0.3, 0.4) is 0 Å². The minimum Gasteiger partial charge on any atom is -0.450 e. The van der Waals surface area contributed by atoms with E-state index in [1.54, 1.807) is 0 Å². The molecule has 0 aliphatic heterocycles. The first-order valence-corrected chi connectivity index (χ1v) is 9.20. The van der Waals surface area contributed by atoms with Gasteiger partial charge in [-0.15, -0.1) is 5.10 Å². The summed E-state index contributed by atoms with van der Waals surface area (Å²) in [4.78, 5) is 32.5. The number of nitrogens with zero attached hydrogens (tertiary/aromatic N) is 4. The van der Waals surface area contributed by atoms with Crippen LogP contribution in [0.15, 0.2) is 6.07 Å². The third-order valence-electron chi connectivity index (χ3n) is 4.61. The molecule has 8 nitrogen and oxygen atoms in total. The van der Waals surface area contributed by atoms with Crippen LogP contribution < -0.4 is 5.32 Å². The van der Waals surface area contributed by atoms with Crippen LogP contribution >= 0.6 is 0 Å². The highest BCUT2D eigenvalue weighted by Gasteiger charge is 2.19. The number of aryl methyl sites for hydroxylation is 2. The summed E-state index contributed by atoms with van der Waals surface area (Å²) >= 11 is 0. The third-order valence-corrected chi connectivity index (χ3v) is 4.61.